The highest BCUT2D eigenvalue weighted by atomic mass is 19.1. The second-order valence-electron chi connectivity index (χ2n) is 5.59. The summed E-state index contributed by atoms with van der Waals surface area (Å²) in [4.78, 5) is 14.0. The normalized spacial score (nSPS) is 16.9. The number of methoxy groups -OCH3 is 1. The first-order valence-electron chi connectivity index (χ1n) is 8.22. The first kappa shape index (κ1) is 18.5. The fourth-order valence-electron chi connectivity index (χ4n) is 2.52. The quantitative estimate of drug-likeness (QED) is 0.739. The van der Waals surface area contributed by atoms with E-state index in [9.17, 15) is 9.18 Å². The van der Waals surface area contributed by atoms with E-state index in [-0.39, 0.29) is 24.5 Å². The molecular weight excluding hydrogens is 315 g/mol. The molecule has 0 radical (unpaired) electrons. The number of urea groups is 1. The van der Waals surface area contributed by atoms with Crippen molar-refractivity contribution in [2.75, 3.05) is 45.3 Å². The van der Waals surface area contributed by atoms with Crippen LogP contribution in [0.4, 0.5) is 14.9 Å². The van der Waals surface area contributed by atoms with Gasteiger partial charge < -0.3 is 24.4 Å². The molecule has 0 aromatic heterocycles. The third-order valence-corrected chi connectivity index (χ3v) is 3.85. The lowest BCUT2D eigenvalue weighted by Crippen LogP contribution is -2.39. The highest BCUT2D eigenvalue weighted by Gasteiger charge is 2.21. The van der Waals surface area contributed by atoms with E-state index in [1.807, 2.05) is 6.92 Å². The number of carbonyl (C=O) groups excluding carboxylic acids is 1. The number of benzene rings is 1. The molecule has 1 saturated heterocycles. The molecule has 134 valence electrons. The predicted octanol–water partition coefficient (Wildman–Crippen LogP) is 2.88. The maximum absolute atomic E-state index is 14.0. The van der Waals surface area contributed by atoms with Gasteiger partial charge >= 0.3 is 6.03 Å². The molecule has 2 amide bonds. The lowest BCUT2D eigenvalue weighted by molar-refractivity contribution is 0.0849. The fourth-order valence-corrected chi connectivity index (χ4v) is 2.52. The number of carbonyl (C=O) groups is 1. The van der Waals surface area contributed by atoms with Gasteiger partial charge in [-0.15, -0.1) is 0 Å². The Bertz CT molecular complexity index is 535. The van der Waals surface area contributed by atoms with Crippen molar-refractivity contribution >= 4 is 11.7 Å². The monoisotopic (exact) mass is 340 g/mol. The molecule has 1 aliphatic rings. The molecule has 0 bridgehead atoms. The molecule has 1 heterocycles. The average molecular weight is 340 g/mol. The minimum atomic E-state index is -0.522. The Labute approximate surface area is 141 Å². The minimum absolute atomic E-state index is 0.0870. The predicted molar refractivity (Wildman–Crippen MR) is 89.0 cm³/mol. The van der Waals surface area contributed by atoms with Crippen LogP contribution in [0.1, 0.15) is 19.8 Å². The van der Waals surface area contributed by atoms with Crippen LogP contribution < -0.4 is 10.1 Å². The number of amides is 2. The Morgan fingerprint density at radius 1 is 1.46 bits per heavy atom. The lowest BCUT2D eigenvalue weighted by atomic mass is 10.2. The third kappa shape index (κ3) is 5.35. The van der Waals surface area contributed by atoms with Gasteiger partial charge in [-0.25, -0.2) is 9.18 Å². The number of anilines is 1. The molecule has 6 nitrogen and oxygen atoms in total. The summed E-state index contributed by atoms with van der Waals surface area (Å²) in [6.07, 6.45) is 2.08. The number of likely N-dealkylation sites (N-methyl/N-ethyl adjacent to an activating group) is 1. The van der Waals surface area contributed by atoms with E-state index >= 15 is 0 Å². The fraction of sp³-hybridized carbons (Fsp3) is 0.588. The van der Waals surface area contributed by atoms with E-state index in [4.69, 9.17) is 14.2 Å². The number of hydrogen-bond acceptors (Lipinski definition) is 4. The van der Waals surface area contributed by atoms with E-state index in [0.29, 0.717) is 25.4 Å². The zero-order chi connectivity index (χ0) is 17.4. The summed E-state index contributed by atoms with van der Waals surface area (Å²) in [5.74, 6) is -0.386. The molecule has 1 aromatic rings. The van der Waals surface area contributed by atoms with Crippen molar-refractivity contribution in [2.45, 2.75) is 25.9 Å². The van der Waals surface area contributed by atoms with Gasteiger partial charge in [-0.1, -0.05) is 0 Å². The summed E-state index contributed by atoms with van der Waals surface area (Å²) in [5, 5.41) is 2.71. The van der Waals surface area contributed by atoms with Crippen LogP contribution in [0.25, 0.3) is 0 Å². The van der Waals surface area contributed by atoms with Crippen molar-refractivity contribution in [3.05, 3.63) is 24.0 Å². The molecule has 2 rings (SSSR count). The molecule has 0 unspecified atom stereocenters. The number of ether oxygens (including phenoxy) is 3. The van der Waals surface area contributed by atoms with Gasteiger partial charge in [-0.05, 0) is 31.9 Å². The van der Waals surface area contributed by atoms with Crippen molar-refractivity contribution in [1.82, 2.24) is 4.90 Å². The zero-order valence-corrected chi connectivity index (χ0v) is 14.2. The molecule has 1 aromatic carbocycles. The van der Waals surface area contributed by atoms with Gasteiger partial charge in [0.05, 0.1) is 12.7 Å². The Balaban J connectivity index is 1.90. The molecule has 1 N–H and O–H groups in total. The van der Waals surface area contributed by atoms with Gasteiger partial charge in [-0.3, -0.25) is 0 Å². The molecule has 1 aliphatic heterocycles. The minimum Gasteiger partial charge on any atom is -0.488 e. The number of nitrogens with one attached hydrogen (secondary N) is 1. The summed E-state index contributed by atoms with van der Waals surface area (Å²) in [5.41, 5.74) is 0.391. The maximum atomic E-state index is 14.0. The van der Waals surface area contributed by atoms with Crippen molar-refractivity contribution in [1.29, 1.82) is 0 Å². The molecule has 1 atom stereocenters. The summed E-state index contributed by atoms with van der Waals surface area (Å²) in [7, 11) is 1.55. The largest absolute Gasteiger partial charge is 0.488 e. The van der Waals surface area contributed by atoms with Gasteiger partial charge in [0.2, 0.25) is 0 Å². The Kier molecular flexibility index (Phi) is 7.27. The Hall–Kier alpha value is -1.86. The van der Waals surface area contributed by atoms with E-state index in [0.717, 1.165) is 19.4 Å². The summed E-state index contributed by atoms with van der Waals surface area (Å²) >= 11 is 0. The van der Waals surface area contributed by atoms with Crippen LogP contribution in [-0.4, -0.2) is 57.1 Å². The number of rotatable bonds is 8. The SMILES string of the molecule is CCN(C[C@H]1CCCO1)C(=O)Nc1ccc(OCCOC)c(F)c1. The molecule has 24 heavy (non-hydrogen) atoms. The van der Waals surface area contributed by atoms with E-state index in [1.165, 1.54) is 12.1 Å². The average Bonchev–Trinajstić information content (AvgIpc) is 3.08. The van der Waals surface area contributed by atoms with Crippen LogP contribution in [0.5, 0.6) is 5.75 Å². The second-order valence-corrected chi connectivity index (χ2v) is 5.59. The number of nitrogens with zero attached hydrogens (tertiary/aromatic N) is 1. The smallest absolute Gasteiger partial charge is 0.321 e. The zero-order valence-electron chi connectivity index (χ0n) is 14.2. The molecule has 7 heteroatoms. The van der Waals surface area contributed by atoms with Crippen LogP contribution in [0.15, 0.2) is 18.2 Å². The topological polar surface area (TPSA) is 60.0 Å². The maximum Gasteiger partial charge on any atom is 0.321 e. The summed E-state index contributed by atoms with van der Waals surface area (Å²) in [6, 6.07) is 4.10. The standard InChI is InChI=1S/C17H25FN2O4/c1-3-20(12-14-5-4-8-23-14)17(21)19-13-6-7-16(15(18)11-13)24-10-9-22-2/h6-7,11,14H,3-5,8-10,12H2,1-2H3,(H,19,21)/t14-/m1/s1. The first-order chi connectivity index (χ1) is 11.6. The van der Waals surface area contributed by atoms with Gasteiger partial charge in [0.25, 0.3) is 0 Å². The Morgan fingerprint density at radius 3 is 2.92 bits per heavy atom. The highest BCUT2D eigenvalue weighted by Crippen LogP contribution is 2.21. The van der Waals surface area contributed by atoms with Crippen molar-refractivity contribution in [2.24, 2.45) is 0 Å². The van der Waals surface area contributed by atoms with Gasteiger partial charge in [0.15, 0.2) is 11.6 Å². The lowest BCUT2D eigenvalue weighted by Gasteiger charge is -2.24. The first-order valence-corrected chi connectivity index (χ1v) is 8.22. The summed E-state index contributed by atoms with van der Waals surface area (Å²) in [6.45, 7) is 4.41. The Morgan fingerprint density at radius 2 is 2.29 bits per heavy atom. The van der Waals surface area contributed by atoms with Crippen molar-refractivity contribution < 1.29 is 23.4 Å². The molecular formula is C17H25FN2O4. The van der Waals surface area contributed by atoms with Crippen LogP contribution in [0, 0.1) is 5.82 Å². The second kappa shape index (κ2) is 9.44. The van der Waals surface area contributed by atoms with E-state index < -0.39 is 5.82 Å². The van der Waals surface area contributed by atoms with Crippen molar-refractivity contribution in [3.63, 3.8) is 0 Å². The van der Waals surface area contributed by atoms with Crippen molar-refractivity contribution in [3.8, 4) is 5.75 Å². The number of halogens is 1. The van der Waals surface area contributed by atoms with E-state index in [1.54, 1.807) is 18.1 Å². The molecule has 0 aliphatic carbocycles. The van der Waals surface area contributed by atoms with Gasteiger partial charge in [-0.2, -0.15) is 0 Å². The molecule has 1 fully saturated rings. The summed E-state index contributed by atoms with van der Waals surface area (Å²) < 4.78 is 29.7. The van der Waals surface area contributed by atoms with Crippen LogP contribution in [0.3, 0.4) is 0 Å². The molecule has 0 spiro atoms. The van der Waals surface area contributed by atoms with Crippen LogP contribution >= 0.6 is 0 Å². The van der Waals surface area contributed by atoms with E-state index in [2.05, 4.69) is 5.32 Å². The highest BCUT2D eigenvalue weighted by molar-refractivity contribution is 5.89. The third-order valence-electron chi connectivity index (χ3n) is 3.85. The van der Waals surface area contributed by atoms with Gasteiger partial charge in [0.1, 0.15) is 6.61 Å². The molecule has 0 saturated carbocycles. The number of hydrogen-bond donors (Lipinski definition) is 1. The van der Waals surface area contributed by atoms with Crippen LogP contribution in [0.2, 0.25) is 0 Å². The van der Waals surface area contributed by atoms with Gasteiger partial charge in [0, 0.05) is 38.6 Å². The van der Waals surface area contributed by atoms with Crippen LogP contribution in [-0.2, 0) is 9.47 Å².